The Balaban J connectivity index is 2.99. The van der Waals surface area contributed by atoms with Gasteiger partial charge in [-0.05, 0) is 31.5 Å². The molecule has 0 saturated carbocycles. The Morgan fingerprint density at radius 1 is 1.31 bits per heavy atom. The fraction of sp³-hybridized carbons (Fsp3) is 0.455. The second-order valence-electron chi connectivity index (χ2n) is 3.68. The number of benzene rings is 1. The van der Waals surface area contributed by atoms with Crippen LogP contribution < -0.4 is 5.32 Å². The predicted octanol–water partition coefficient (Wildman–Crippen LogP) is 4.68. The minimum absolute atomic E-state index is 0.149. The third-order valence-electron chi connectivity index (χ3n) is 2.25. The smallest absolute Gasteiger partial charge is 0.383 e. The molecule has 0 bridgehead atoms. The van der Waals surface area contributed by atoms with E-state index < -0.39 is 11.7 Å². The topological polar surface area (TPSA) is 12.0 Å². The van der Waals surface area contributed by atoms with E-state index in [0.29, 0.717) is 10.2 Å². The second-order valence-corrected chi connectivity index (χ2v) is 4.60. The molecule has 0 aliphatic heterocycles. The Morgan fingerprint density at radius 3 is 2.44 bits per heavy atom. The summed E-state index contributed by atoms with van der Waals surface area (Å²) in [5.74, 6) is 0. The summed E-state index contributed by atoms with van der Waals surface area (Å²) < 4.78 is 38.0. The zero-order valence-corrected chi connectivity index (χ0v) is 10.6. The van der Waals surface area contributed by atoms with E-state index in [4.69, 9.17) is 0 Å². The summed E-state index contributed by atoms with van der Waals surface area (Å²) in [5.41, 5.74) is -0.163. The van der Waals surface area contributed by atoms with Crippen LogP contribution in [0.2, 0.25) is 0 Å². The Morgan fingerprint density at radius 2 is 1.94 bits per heavy atom. The maximum atomic E-state index is 12.5. The van der Waals surface area contributed by atoms with E-state index in [1.165, 1.54) is 0 Å². The Labute approximate surface area is 101 Å². The van der Waals surface area contributed by atoms with Crippen LogP contribution in [0.25, 0.3) is 0 Å². The van der Waals surface area contributed by atoms with Gasteiger partial charge in [-0.3, -0.25) is 0 Å². The molecular formula is C11H13BrF3N. The third-order valence-corrected chi connectivity index (χ3v) is 2.71. The van der Waals surface area contributed by atoms with Crippen LogP contribution in [0.1, 0.15) is 25.8 Å². The summed E-state index contributed by atoms with van der Waals surface area (Å²) in [6, 6.07) is 3.98. The molecule has 5 heteroatoms. The monoisotopic (exact) mass is 295 g/mol. The maximum Gasteiger partial charge on any atom is 0.416 e. The molecule has 0 fully saturated rings. The highest BCUT2D eigenvalue weighted by molar-refractivity contribution is 9.10. The highest BCUT2D eigenvalue weighted by Gasteiger charge is 2.31. The molecule has 0 spiro atoms. The SMILES string of the molecule is CCC(C)Nc1cc(Br)cc(C(F)(F)F)c1. The molecule has 0 saturated heterocycles. The van der Waals surface area contributed by atoms with Gasteiger partial charge in [0.1, 0.15) is 0 Å². The minimum Gasteiger partial charge on any atom is -0.383 e. The summed E-state index contributed by atoms with van der Waals surface area (Å²) >= 11 is 3.08. The van der Waals surface area contributed by atoms with Gasteiger partial charge in [-0.1, -0.05) is 22.9 Å². The van der Waals surface area contributed by atoms with E-state index in [1.807, 2.05) is 13.8 Å². The number of nitrogens with one attached hydrogen (secondary N) is 1. The summed E-state index contributed by atoms with van der Waals surface area (Å²) in [7, 11) is 0. The molecule has 0 aliphatic rings. The van der Waals surface area contributed by atoms with Gasteiger partial charge in [0, 0.05) is 16.2 Å². The standard InChI is InChI=1S/C11H13BrF3N/c1-3-7(2)16-10-5-8(11(13,14)15)4-9(12)6-10/h4-7,16H,3H2,1-2H3. The van der Waals surface area contributed by atoms with Crippen molar-refractivity contribution < 1.29 is 13.2 Å². The largest absolute Gasteiger partial charge is 0.416 e. The molecule has 1 rings (SSSR count). The van der Waals surface area contributed by atoms with Gasteiger partial charge in [0.2, 0.25) is 0 Å². The Bertz CT molecular complexity index is 363. The quantitative estimate of drug-likeness (QED) is 0.854. The predicted molar refractivity (Wildman–Crippen MR) is 62.5 cm³/mol. The summed E-state index contributed by atoms with van der Waals surface area (Å²) in [6.07, 6.45) is -3.45. The molecular weight excluding hydrogens is 283 g/mol. The zero-order chi connectivity index (χ0) is 12.3. The van der Waals surface area contributed by atoms with Gasteiger partial charge in [0.25, 0.3) is 0 Å². The lowest BCUT2D eigenvalue weighted by atomic mass is 10.1. The normalized spacial score (nSPS) is 13.6. The average molecular weight is 296 g/mol. The lowest BCUT2D eigenvalue weighted by Crippen LogP contribution is -2.14. The lowest BCUT2D eigenvalue weighted by Gasteiger charge is -2.15. The molecule has 0 radical (unpaired) electrons. The molecule has 1 aromatic rings. The van der Waals surface area contributed by atoms with Crippen molar-refractivity contribution in [3.63, 3.8) is 0 Å². The molecule has 0 aromatic heterocycles. The van der Waals surface area contributed by atoms with E-state index >= 15 is 0 Å². The molecule has 90 valence electrons. The van der Waals surface area contributed by atoms with Crippen LogP contribution in [0.5, 0.6) is 0 Å². The van der Waals surface area contributed by atoms with Crippen LogP contribution in [0.4, 0.5) is 18.9 Å². The van der Waals surface area contributed by atoms with Crippen LogP contribution in [-0.2, 0) is 6.18 Å². The third kappa shape index (κ3) is 3.70. The zero-order valence-electron chi connectivity index (χ0n) is 9.03. The summed E-state index contributed by atoms with van der Waals surface area (Å²) in [5, 5.41) is 3.01. The van der Waals surface area contributed by atoms with Crippen LogP contribution in [0.3, 0.4) is 0 Å². The molecule has 0 heterocycles. The first-order valence-electron chi connectivity index (χ1n) is 4.97. The highest BCUT2D eigenvalue weighted by atomic mass is 79.9. The number of hydrogen-bond donors (Lipinski definition) is 1. The Hall–Kier alpha value is -0.710. The first-order chi connectivity index (χ1) is 7.32. The second kappa shape index (κ2) is 5.08. The number of halogens is 4. The van der Waals surface area contributed by atoms with Crippen molar-refractivity contribution in [2.24, 2.45) is 0 Å². The molecule has 16 heavy (non-hydrogen) atoms. The van der Waals surface area contributed by atoms with Crippen LogP contribution in [0.15, 0.2) is 22.7 Å². The minimum atomic E-state index is -4.31. The van der Waals surface area contributed by atoms with Crippen molar-refractivity contribution in [3.8, 4) is 0 Å². The summed E-state index contributed by atoms with van der Waals surface area (Å²) in [4.78, 5) is 0. The molecule has 1 N–H and O–H groups in total. The fourth-order valence-corrected chi connectivity index (χ4v) is 1.72. The van der Waals surface area contributed by atoms with Crippen LogP contribution >= 0.6 is 15.9 Å². The number of alkyl halides is 3. The van der Waals surface area contributed by atoms with E-state index in [-0.39, 0.29) is 6.04 Å². The van der Waals surface area contributed by atoms with Gasteiger partial charge >= 0.3 is 6.18 Å². The molecule has 1 unspecified atom stereocenters. The summed E-state index contributed by atoms with van der Waals surface area (Å²) in [6.45, 7) is 3.90. The average Bonchev–Trinajstić information content (AvgIpc) is 2.15. The number of rotatable bonds is 3. The van der Waals surface area contributed by atoms with Crippen molar-refractivity contribution in [1.82, 2.24) is 0 Å². The van der Waals surface area contributed by atoms with Crippen LogP contribution in [-0.4, -0.2) is 6.04 Å². The van der Waals surface area contributed by atoms with Gasteiger partial charge in [0.05, 0.1) is 5.56 Å². The molecule has 0 aliphatic carbocycles. The first-order valence-corrected chi connectivity index (χ1v) is 5.76. The fourth-order valence-electron chi connectivity index (χ4n) is 1.22. The van der Waals surface area contributed by atoms with Crippen molar-refractivity contribution in [2.45, 2.75) is 32.5 Å². The first kappa shape index (κ1) is 13.4. The van der Waals surface area contributed by atoms with Crippen molar-refractivity contribution in [2.75, 3.05) is 5.32 Å². The number of anilines is 1. The highest BCUT2D eigenvalue weighted by Crippen LogP contribution is 2.33. The lowest BCUT2D eigenvalue weighted by molar-refractivity contribution is -0.137. The van der Waals surface area contributed by atoms with E-state index in [0.717, 1.165) is 18.6 Å². The molecule has 1 atom stereocenters. The van der Waals surface area contributed by atoms with Gasteiger partial charge in [-0.2, -0.15) is 13.2 Å². The van der Waals surface area contributed by atoms with Gasteiger partial charge < -0.3 is 5.32 Å². The van der Waals surface area contributed by atoms with Gasteiger partial charge in [-0.25, -0.2) is 0 Å². The molecule has 1 aromatic carbocycles. The number of hydrogen-bond acceptors (Lipinski definition) is 1. The Kier molecular flexibility index (Phi) is 4.24. The maximum absolute atomic E-state index is 12.5. The van der Waals surface area contributed by atoms with Gasteiger partial charge in [0.15, 0.2) is 0 Å². The van der Waals surface area contributed by atoms with E-state index in [2.05, 4.69) is 21.2 Å². The van der Waals surface area contributed by atoms with Crippen molar-refractivity contribution in [1.29, 1.82) is 0 Å². The van der Waals surface area contributed by atoms with Gasteiger partial charge in [-0.15, -0.1) is 0 Å². The molecule has 0 amide bonds. The van der Waals surface area contributed by atoms with E-state index in [1.54, 1.807) is 6.07 Å². The van der Waals surface area contributed by atoms with Crippen molar-refractivity contribution in [3.05, 3.63) is 28.2 Å². The van der Waals surface area contributed by atoms with Crippen LogP contribution in [0, 0.1) is 0 Å². The van der Waals surface area contributed by atoms with Crippen molar-refractivity contribution >= 4 is 21.6 Å². The molecule has 1 nitrogen and oxygen atoms in total. The van der Waals surface area contributed by atoms with E-state index in [9.17, 15) is 13.2 Å².